The summed E-state index contributed by atoms with van der Waals surface area (Å²) in [6, 6.07) is 7.68. The fourth-order valence-corrected chi connectivity index (χ4v) is 1.42. The van der Waals surface area contributed by atoms with Gasteiger partial charge in [0.25, 0.3) is 0 Å². The van der Waals surface area contributed by atoms with Crippen molar-refractivity contribution >= 4 is 11.6 Å². The van der Waals surface area contributed by atoms with Crippen molar-refractivity contribution in [1.82, 2.24) is 9.97 Å². The van der Waals surface area contributed by atoms with Crippen LogP contribution in [0.2, 0.25) is 0 Å². The van der Waals surface area contributed by atoms with E-state index in [1.54, 1.807) is 12.4 Å². The monoisotopic (exact) mass is 214 g/mol. The third kappa shape index (κ3) is 2.11. The first-order chi connectivity index (χ1) is 7.66. The predicted octanol–water partition coefficient (Wildman–Crippen LogP) is 1.79. The molecule has 4 nitrogen and oxygen atoms in total. The number of aromatic nitrogens is 2. The topological polar surface area (TPSA) is 55.0 Å². The van der Waals surface area contributed by atoms with Crippen molar-refractivity contribution in [3.63, 3.8) is 0 Å². The predicted molar refractivity (Wildman–Crippen MR) is 66.2 cm³/mol. The Hall–Kier alpha value is -2.10. The third-order valence-electron chi connectivity index (χ3n) is 2.26. The van der Waals surface area contributed by atoms with Gasteiger partial charge in [-0.3, -0.25) is 0 Å². The molecule has 82 valence electrons. The van der Waals surface area contributed by atoms with Crippen molar-refractivity contribution in [3.8, 4) is 11.1 Å². The van der Waals surface area contributed by atoms with Crippen molar-refractivity contribution < 1.29 is 0 Å². The molecule has 0 bridgehead atoms. The molecule has 2 aromatic rings. The Kier molecular flexibility index (Phi) is 2.72. The van der Waals surface area contributed by atoms with Gasteiger partial charge in [-0.15, -0.1) is 0 Å². The molecule has 0 saturated heterocycles. The van der Waals surface area contributed by atoms with Crippen molar-refractivity contribution in [3.05, 3.63) is 36.7 Å². The SMILES string of the molecule is CN(C)c1ncc(-c2cccc(N)c2)cn1. The minimum Gasteiger partial charge on any atom is -0.399 e. The van der Waals surface area contributed by atoms with Gasteiger partial charge in [-0.25, -0.2) is 9.97 Å². The van der Waals surface area contributed by atoms with Crippen molar-refractivity contribution in [2.75, 3.05) is 24.7 Å². The Labute approximate surface area is 94.8 Å². The number of anilines is 2. The van der Waals surface area contributed by atoms with E-state index in [4.69, 9.17) is 5.73 Å². The lowest BCUT2D eigenvalue weighted by atomic mass is 10.1. The van der Waals surface area contributed by atoms with Gasteiger partial charge in [-0.1, -0.05) is 12.1 Å². The summed E-state index contributed by atoms with van der Waals surface area (Å²) >= 11 is 0. The summed E-state index contributed by atoms with van der Waals surface area (Å²) in [5, 5.41) is 0. The highest BCUT2D eigenvalue weighted by atomic mass is 15.2. The van der Waals surface area contributed by atoms with Gasteiger partial charge >= 0.3 is 0 Å². The van der Waals surface area contributed by atoms with Gasteiger partial charge in [0, 0.05) is 37.7 Å². The van der Waals surface area contributed by atoms with Gasteiger partial charge in [0.05, 0.1) is 0 Å². The molecule has 1 heterocycles. The second-order valence-electron chi connectivity index (χ2n) is 3.79. The molecule has 0 radical (unpaired) electrons. The molecular formula is C12H14N4. The second-order valence-corrected chi connectivity index (χ2v) is 3.79. The molecule has 0 unspecified atom stereocenters. The van der Waals surface area contributed by atoms with E-state index in [0.29, 0.717) is 5.95 Å². The van der Waals surface area contributed by atoms with Gasteiger partial charge < -0.3 is 10.6 Å². The second kappa shape index (κ2) is 4.18. The molecule has 0 aliphatic heterocycles. The van der Waals surface area contributed by atoms with E-state index in [1.807, 2.05) is 43.3 Å². The van der Waals surface area contributed by atoms with E-state index in [2.05, 4.69) is 9.97 Å². The smallest absolute Gasteiger partial charge is 0.224 e. The van der Waals surface area contributed by atoms with E-state index in [-0.39, 0.29) is 0 Å². The zero-order valence-electron chi connectivity index (χ0n) is 9.38. The zero-order chi connectivity index (χ0) is 11.5. The highest BCUT2D eigenvalue weighted by Gasteiger charge is 2.01. The molecule has 0 aliphatic carbocycles. The molecule has 0 saturated carbocycles. The molecule has 0 amide bonds. The lowest BCUT2D eigenvalue weighted by Gasteiger charge is -2.09. The van der Waals surface area contributed by atoms with Crippen LogP contribution in [-0.4, -0.2) is 24.1 Å². The fraction of sp³-hybridized carbons (Fsp3) is 0.167. The van der Waals surface area contributed by atoms with Crippen molar-refractivity contribution in [1.29, 1.82) is 0 Å². The van der Waals surface area contributed by atoms with Crippen LogP contribution in [0.5, 0.6) is 0 Å². The molecule has 16 heavy (non-hydrogen) atoms. The number of hydrogen-bond acceptors (Lipinski definition) is 4. The summed E-state index contributed by atoms with van der Waals surface area (Å²) < 4.78 is 0. The summed E-state index contributed by atoms with van der Waals surface area (Å²) in [7, 11) is 3.82. The third-order valence-corrected chi connectivity index (χ3v) is 2.26. The molecule has 0 fully saturated rings. The summed E-state index contributed by atoms with van der Waals surface area (Å²) in [6.07, 6.45) is 3.61. The van der Waals surface area contributed by atoms with Crippen LogP contribution in [-0.2, 0) is 0 Å². The Morgan fingerprint density at radius 2 is 1.75 bits per heavy atom. The maximum atomic E-state index is 5.73. The summed E-state index contributed by atoms with van der Waals surface area (Å²) in [5.74, 6) is 0.702. The van der Waals surface area contributed by atoms with E-state index in [1.165, 1.54) is 0 Å². The van der Waals surface area contributed by atoms with Crippen LogP contribution in [0.25, 0.3) is 11.1 Å². The van der Waals surface area contributed by atoms with E-state index < -0.39 is 0 Å². The standard InChI is InChI=1S/C12H14N4/c1-16(2)12-14-7-10(8-15-12)9-4-3-5-11(13)6-9/h3-8H,13H2,1-2H3. The maximum Gasteiger partial charge on any atom is 0.224 e. The molecule has 0 aliphatic rings. The first-order valence-electron chi connectivity index (χ1n) is 5.02. The normalized spacial score (nSPS) is 10.1. The lowest BCUT2D eigenvalue weighted by molar-refractivity contribution is 1.000. The Bertz CT molecular complexity index is 477. The van der Waals surface area contributed by atoms with Gasteiger partial charge in [0.15, 0.2) is 0 Å². The van der Waals surface area contributed by atoms with Crippen LogP contribution in [0.4, 0.5) is 11.6 Å². The van der Waals surface area contributed by atoms with Crippen LogP contribution in [0.3, 0.4) is 0 Å². The minimum atomic E-state index is 0.702. The van der Waals surface area contributed by atoms with Gasteiger partial charge in [-0.2, -0.15) is 0 Å². The Balaban J connectivity index is 2.35. The van der Waals surface area contributed by atoms with Crippen LogP contribution < -0.4 is 10.6 Å². The first-order valence-corrected chi connectivity index (χ1v) is 5.02. The quantitative estimate of drug-likeness (QED) is 0.774. The van der Waals surface area contributed by atoms with Gasteiger partial charge in [0.1, 0.15) is 0 Å². The summed E-state index contributed by atoms with van der Waals surface area (Å²) in [6.45, 7) is 0. The zero-order valence-corrected chi connectivity index (χ0v) is 9.38. The molecule has 1 aromatic heterocycles. The lowest BCUT2D eigenvalue weighted by Crippen LogP contribution is -2.12. The molecule has 0 atom stereocenters. The van der Waals surface area contributed by atoms with Crippen LogP contribution in [0, 0.1) is 0 Å². The molecule has 2 rings (SSSR count). The average molecular weight is 214 g/mol. The van der Waals surface area contributed by atoms with E-state index >= 15 is 0 Å². The molecule has 2 N–H and O–H groups in total. The summed E-state index contributed by atoms with van der Waals surface area (Å²) in [4.78, 5) is 10.4. The van der Waals surface area contributed by atoms with Crippen LogP contribution in [0.15, 0.2) is 36.7 Å². The molecule has 0 spiro atoms. The largest absolute Gasteiger partial charge is 0.399 e. The Morgan fingerprint density at radius 1 is 1.06 bits per heavy atom. The highest BCUT2D eigenvalue weighted by Crippen LogP contribution is 2.20. The molecule has 1 aromatic carbocycles. The summed E-state index contributed by atoms with van der Waals surface area (Å²) in [5.41, 5.74) is 8.47. The number of hydrogen-bond donors (Lipinski definition) is 1. The highest BCUT2D eigenvalue weighted by molar-refractivity contribution is 5.66. The van der Waals surface area contributed by atoms with E-state index in [0.717, 1.165) is 16.8 Å². The van der Waals surface area contributed by atoms with Crippen LogP contribution in [0.1, 0.15) is 0 Å². The minimum absolute atomic E-state index is 0.702. The van der Waals surface area contributed by atoms with Gasteiger partial charge in [0.2, 0.25) is 5.95 Å². The maximum absolute atomic E-state index is 5.73. The van der Waals surface area contributed by atoms with E-state index in [9.17, 15) is 0 Å². The number of nitrogen functional groups attached to an aromatic ring is 1. The fourth-order valence-electron chi connectivity index (χ4n) is 1.42. The van der Waals surface area contributed by atoms with Crippen molar-refractivity contribution in [2.45, 2.75) is 0 Å². The molecule has 4 heteroatoms. The van der Waals surface area contributed by atoms with Crippen molar-refractivity contribution in [2.24, 2.45) is 0 Å². The number of nitrogens with zero attached hydrogens (tertiary/aromatic N) is 3. The van der Waals surface area contributed by atoms with Gasteiger partial charge in [-0.05, 0) is 17.7 Å². The first kappa shape index (κ1) is 10.4. The number of rotatable bonds is 2. The number of benzene rings is 1. The molecular weight excluding hydrogens is 200 g/mol. The number of nitrogens with two attached hydrogens (primary N) is 1. The average Bonchev–Trinajstić information content (AvgIpc) is 2.29. The van der Waals surface area contributed by atoms with Crippen LogP contribution >= 0.6 is 0 Å². The Morgan fingerprint density at radius 3 is 2.31 bits per heavy atom.